The summed E-state index contributed by atoms with van der Waals surface area (Å²) in [4.78, 5) is 4.80. The number of aliphatic imine (C=N–C) groups is 1. The fourth-order valence-electron chi connectivity index (χ4n) is 3.61. The van der Waals surface area contributed by atoms with Gasteiger partial charge in [-0.3, -0.25) is 4.99 Å². The highest BCUT2D eigenvalue weighted by atomic mass is 32.2. The number of hydrogen-bond donors (Lipinski definition) is 2. The van der Waals surface area contributed by atoms with Gasteiger partial charge in [-0.25, -0.2) is 0 Å². The highest BCUT2D eigenvalue weighted by Crippen LogP contribution is 2.28. The molecule has 2 aliphatic rings. The van der Waals surface area contributed by atoms with Gasteiger partial charge < -0.3 is 15.1 Å². The fraction of sp³-hybridized carbons (Fsp3) is 0.722. The molecule has 2 fully saturated rings. The van der Waals surface area contributed by atoms with Gasteiger partial charge in [-0.2, -0.15) is 11.8 Å². The van der Waals surface area contributed by atoms with Gasteiger partial charge in [0, 0.05) is 30.3 Å². The molecule has 4 nitrogen and oxygen atoms in total. The van der Waals surface area contributed by atoms with Crippen LogP contribution in [0.25, 0.3) is 0 Å². The van der Waals surface area contributed by atoms with Crippen molar-refractivity contribution < 1.29 is 4.42 Å². The number of nitrogens with zero attached hydrogens (tertiary/aromatic N) is 1. The summed E-state index contributed by atoms with van der Waals surface area (Å²) in [6.07, 6.45) is 13.9. The fourth-order valence-corrected chi connectivity index (χ4v) is 4.40. The van der Waals surface area contributed by atoms with Crippen molar-refractivity contribution in [1.82, 2.24) is 10.6 Å². The average Bonchev–Trinajstić information content (AvgIpc) is 3.29. The number of hydrogen-bond acceptors (Lipinski definition) is 3. The van der Waals surface area contributed by atoms with Gasteiger partial charge in [-0.15, -0.1) is 0 Å². The second-order valence-electron chi connectivity index (χ2n) is 6.70. The molecule has 0 aromatic carbocycles. The predicted molar refractivity (Wildman–Crippen MR) is 98.2 cm³/mol. The Morgan fingerprint density at radius 3 is 2.74 bits per heavy atom. The topological polar surface area (TPSA) is 49.6 Å². The van der Waals surface area contributed by atoms with Crippen LogP contribution in [0.15, 0.2) is 27.8 Å². The molecule has 23 heavy (non-hydrogen) atoms. The summed E-state index contributed by atoms with van der Waals surface area (Å²) in [5.41, 5.74) is 0. The third-order valence-corrected chi connectivity index (χ3v) is 6.06. The van der Waals surface area contributed by atoms with E-state index in [-0.39, 0.29) is 0 Å². The normalized spacial score (nSPS) is 25.9. The molecular formula is C18H29N3OS. The summed E-state index contributed by atoms with van der Waals surface area (Å²) in [7, 11) is 0. The van der Waals surface area contributed by atoms with Crippen LogP contribution in [0, 0.1) is 0 Å². The van der Waals surface area contributed by atoms with Crippen molar-refractivity contribution >= 4 is 17.7 Å². The molecule has 2 N–H and O–H groups in total. The summed E-state index contributed by atoms with van der Waals surface area (Å²) in [5, 5.41) is 8.15. The van der Waals surface area contributed by atoms with E-state index in [1.807, 2.05) is 23.9 Å². The zero-order valence-corrected chi connectivity index (χ0v) is 14.9. The van der Waals surface area contributed by atoms with Gasteiger partial charge in [0.25, 0.3) is 0 Å². The molecule has 2 atom stereocenters. The number of nitrogens with one attached hydrogen (secondary N) is 2. The van der Waals surface area contributed by atoms with E-state index in [2.05, 4.69) is 16.9 Å². The molecule has 5 heteroatoms. The van der Waals surface area contributed by atoms with Gasteiger partial charge >= 0.3 is 0 Å². The van der Waals surface area contributed by atoms with Crippen LogP contribution in [0.2, 0.25) is 0 Å². The molecule has 1 aromatic rings. The van der Waals surface area contributed by atoms with Crippen molar-refractivity contribution in [1.29, 1.82) is 0 Å². The van der Waals surface area contributed by atoms with Crippen LogP contribution >= 0.6 is 11.8 Å². The second kappa shape index (κ2) is 8.67. The summed E-state index contributed by atoms with van der Waals surface area (Å²) >= 11 is 2.00. The minimum Gasteiger partial charge on any atom is -0.469 e. The number of guanidine groups is 1. The summed E-state index contributed by atoms with van der Waals surface area (Å²) in [6.45, 7) is 0.772. The van der Waals surface area contributed by atoms with Gasteiger partial charge in [0.1, 0.15) is 5.76 Å². The maximum Gasteiger partial charge on any atom is 0.191 e. The molecule has 0 aliphatic heterocycles. The molecule has 0 radical (unpaired) electrons. The maximum atomic E-state index is 5.40. The first-order valence-electron chi connectivity index (χ1n) is 8.96. The Bertz CT molecular complexity index is 482. The lowest BCUT2D eigenvalue weighted by molar-refractivity contribution is 0.510. The van der Waals surface area contributed by atoms with E-state index in [1.54, 1.807) is 6.26 Å². The Hall–Kier alpha value is -1.10. The Kier molecular flexibility index (Phi) is 6.31. The third-order valence-electron chi connectivity index (χ3n) is 4.96. The first kappa shape index (κ1) is 16.7. The first-order chi connectivity index (χ1) is 11.3. The molecule has 2 unspecified atom stereocenters. The van der Waals surface area contributed by atoms with Crippen LogP contribution < -0.4 is 10.6 Å². The predicted octanol–water partition coefficient (Wildman–Crippen LogP) is 3.58. The molecule has 0 saturated heterocycles. The second-order valence-corrected chi connectivity index (χ2v) is 7.84. The van der Waals surface area contributed by atoms with Crippen molar-refractivity contribution in [3.8, 4) is 0 Å². The minimum atomic E-state index is 0.573. The molecular weight excluding hydrogens is 306 g/mol. The monoisotopic (exact) mass is 335 g/mol. The Morgan fingerprint density at radius 1 is 1.22 bits per heavy atom. The lowest BCUT2D eigenvalue weighted by Gasteiger charge is -2.21. The average molecular weight is 336 g/mol. The Labute approximate surface area is 143 Å². The number of rotatable bonds is 6. The summed E-state index contributed by atoms with van der Waals surface area (Å²) < 4.78 is 5.40. The van der Waals surface area contributed by atoms with E-state index in [0.29, 0.717) is 12.1 Å². The van der Waals surface area contributed by atoms with Gasteiger partial charge in [-0.05, 0) is 50.5 Å². The number of furan rings is 1. The molecule has 0 spiro atoms. The van der Waals surface area contributed by atoms with Gasteiger partial charge in [-0.1, -0.05) is 12.8 Å². The van der Waals surface area contributed by atoms with Crippen molar-refractivity contribution in [3.63, 3.8) is 0 Å². The summed E-state index contributed by atoms with van der Waals surface area (Å²) in [6, 6.07) is 5.13. The van der Waals surface area contributed by atoms with E-state index in [4.69, 9.17) is 9.41 Å². The Morgan fingerprint density at radius 2 is 2.04 bits per heavy atom. The van der Waals surface area contributed by atoms with Crippen LogP contribution in [0.3, 0.4) is 0 Å². The lowest BCUT2D eigenvalue weighted by atomic mass is 10.2. The van der Waals surface area contributed by atoms with Crippen LogP contribution in [0.4, 0.5) is 0 Å². The maximum absolute atomic E-state index is 5.40. The van der Waals surface area contributed by atoms with Crippen LogP contribution in [0.5, 0.6) is 0 Å². The van der Waals surface area contributed by atoms with E-state index < -0.39 is 0 Å². The molecule has 0 bridgehead atoms. The molecule has 0 amide bonds. The third kappa shape index (κ3) is 5.20. The molecule has 128 valence electrons. The van der Waals surface area contributed by atoms with E-state index in [0.717, 1.165) is 29.9 Å². The highest BCUT2D eigenvalue weighted by Gasteiger charge is 2.25. The highest BCUT2D eigenvalue weighted by molar-refractivity contribution is 7.99. The van der Waals surface area contributed by atoms with Crippen LogP contribution in [-0.4, -0.2) is 36.1 Å². The Balaban J connectivity index is 1.53. The molecule has 1 heterocycles. The summed E-state index contributed by atoms with van der Waals surface area (Å²) in [5.74, 6) is 2.02. The zero-order valence-electron chi connectivity index (χ0n) is 14.1. The molecule has 2 aliphatic carbocycles. The van der Waals surface area contributed by atoms with Crippen LogP contribution in [0.1, 0.15) is 50.7 Å². The van der Waals surface area contributed by atoms with Crippen molar-refractivity contribution in [2.75, 3.05) is 12.8 Å². The van der Waals surface area contributed by atoms with E-state index >= 15 is 0 Å². The quantitative estimate of drug-likeness (QED) is 0.616. The molecule has 3 rings (SSSR count). The first-order valence-corrected chi connectivity index (χ1v) is 10.2. The van der Waals surface area contributed by atoms with Crippen molar-refractivity contribution in [2.24, 2.45) is 4.99 Å². The largest absolute Gasteiger partial charge is 0.469 e. The SMILES string of the molecule is CSC1CCC(NC(=NCCc2ccco2)NC2CCCC2)C1. The van der Waals surface area contributed by atoms with Gasteiger partial charge in [0.15, 0.2) is 5.96 Å². The zero-order chi connectivity index (χ0) is 15.9. The molecule has 2 saturated carbocycles. The van der Waals surface area contributed by atoms with Crippen molar-refractivity contribution in [3.05, 3.63) is 24.2 Å². The van der Waals surface area contributed by atoms with E-state index in [1.165, 1.54) is 44.9 Å². The lowest BCUT2D eigenvalue weighted by Crippen LogP contribution is -2.46. The molecule has 1 aromatic heterocycles. The number of thioether (sulfide) groups is 1. The minimum absolute atomic E-state index is 0.573. The van der Waals surface area contributed by atoms with Crippen LogP contribution in [-0.2, 0) is 6.42 Å². The van der Waals surface area contributed by atoms with E-state index in [9.17, 15) is 0 Å². The van der Waals surface area contributed by atoms with Gasteiger partial charge in [0.05, 0.1) is 6.26 Å². The van der Waals surface area contributed by atoms with Gasteiger partial charge in [0.2, 0.25) is 0 Å². The van der Waals surface area contributed by atoms with Crippen molar-refractivity contribution in [2.45, 2.75) is 68.7 Å². The smallest absolute Gasteiger partial charge is 0.191 e. The standard InChI is InChI=1S/C18H29N3OS/c1-23-17-9-8-15(13-17)21-18(20-14-5-2-3-6-14)19-11-10-16-7-4-12-22-16/h4,7,12,14-15,17H,2-3,5-6,8-11,13H2,1H3,(H2,19,20,21).